The number of rotatable bonds is 3. The molecule has 3 atom stereocenters. The second-order valence-corrected chi connectivity index (χ2v) is 6.17. The van der Waals surface area contributed by atoms with E-state index in [-0.39, 0.29) is 12.8 Å². The number of nitrogens with zero attached hydrogens (tertiary/aromatic N) is 3. The number of thiazole rings is 1. The fourth-order valence-electron chi connectivity index (χ4n) is 2.88. The molecule has 1 saturated heterocycles. The summed E-state index contributed by atoms with van der Waals surface area (Å²) in [6, 6.07) is 3.94. The molecule has 0 spiro atoms. The summed E-state index contributed by atoms with van der Waals surface area (Å²) in [6.45, 7) is -0.186. The molecule has 3 aromatic heterocycles. The van der Waals surface area contributed by atoms with Gasteiger partial charge in [0.05, 0.1) is 12.7 Å². The smallest absolute Gasteiger partial charge is 0.142 e. The van der Waals surface area contributed by atoms with Crippen LogP contribution in [-0.4, -0.2) is 43.6 Å². The van der Waals surface area contributed by atoms with Crippen molar-refractivity contribution in [3.8, 4) is 10.6 Å². The van der Waals surface area contributed by atoms with E-state index >= 15 is 0 Å². The molecule has 0 bridgehead atoms. The van der Waals surface area contributed by atoms with Gasteiger partial charge in [-0.3, -0.25) is 0 Å². The number of ether oxygens (including phenoxy) is 1. The van der Waals surface area contributed by atoms with Crippen molar-refractivity contribution in [2.45, 2.75) is 24.9 Å². The first-order valence-electron chi connectivity index (χ1n) is 7.07. The van der Waals surface area contributed by atoms with Crippen LogP contribution in [-0.2, 0) is 4.74 Å². The Hall–Kier alpha value is -1.80. The average molecular weight is 317 g/mol. The Kier molecular flexibility index (Phi) is 3.42. The molecule has 0 aromatic carbocycles. The van der Waals surface area contributed by atoms with E-state index in [1.807, 2.05) is 28.3 Å². The molecule has 6 nitrogen and oxygen atoms in total. The third-order valence-corrected chi connectivity index (χ3v) is 4.78. The summed E-state index contributed by atoms with van der Waals surface area (Å²) in [5, 5.41) is 23.0. The van der Waals surface area contributed by atoms with Crippen LogP contribution in [0.5, 0.6) is 0 Å². The number of aromatic nitrogens is 3. The van der Waals surface area contributed by atoms with Gasteiger partial charge in [0, 0.05) is 41.3 Å². The van der Waals surface area contributed by atoms with E-state index in [1.54, 1.807) is 23.7 Å². The Morgan fingerprint density at radius 2 is 2.23 bits per heavy atom. The van der Waals surface area contributed by atoms with Crippen molar-refractivity contribution in [3.63, 3.8) is 0 Å². The fraction of sp³-hybridized carbons (Fsp3) is 0.333. The fourth-order valence-corrected chi connectivity index (χ4v) is 3.56. The summed E-state index contributed by atoms with van der Waals surface area (Å²) < 4.78 is 7.62. The Bertz CT molecular complexity index is 787. The molecule has 1 aliphatic rings. The molecule has 4 rings (SSSR count). The molecule has 0 unspecified atom stereocenters. The molecule has 0 radical (unpaired) electrons. The Morgan fingerprint density at radius 1 is 1.32 bits per heavy atom. The lowest BCUT2D eigenvalue weighted by molar-refractivity contribution is -0.0430. The maximum absolute atomic E-state index is 9.91. The van der Waals surface area contributed by atoms with E-state index in [1.165, 1.54) is 0 Å². The summed E-state index contributed by atoms with van der Waals surface area (Å²) in [4.78, 5) is 8.81. The van der Waals surface area contributed by atoms with Crippen LogP contribution in [0.2, 0.25) is 0 Å². The van der Waals surface area contributed by atoms with Crippen LogP contribution in [0.3, 0.4) is 0 Å². The molecule has 0 saturated carbocycles. The lowest BCUT2D eigenvalue weighted by Crippen LogP contribution is -2.24. The van der Waals surface area contributed by atoms with Crippen molar-refractivity contribution >= 4 is 22.4 Å². The zero-order valence-corrected chi connectivity index (χ0v) is 12.5. The molecule has 22 heavy (non-hydrogen) atoms. The average Bonchev–Trinajstić information content (AvgIpc) is 3.25. The molecule has 114 valence electrons. The summed E-state index contributed by atoms with van der Waals surface area (Å²) in [7, 11) is 0. The number of aliphatic hydroxyl groups is 2. The van der Waals surface area contributed by atoms with E-state index in [9.17, 15) is 10.2 Å². The highest BCUT2D eigenvalue weighted by Gasteiger charge is 2.35. The maximum Gasteiger partial charge on any atom is 0.142 e. The molecular weight excluding hydrogens is 302 g/mol. The predicted molar refractivity (Wildman–Crippen MR) is 82.5 cm³/mol. The highest BCUT2D eigenvalue weighted by Crippen LogP contribution is 2.34. The number of hydrogen-bond donors (Lipinski definition) is 2. The van der Waals surface area contributed by atoms with Gasteiger partial charge in [-0.15, -0.1) is 11.3 Å². The van der Waals surface area contributed by atoms with Gasteiger partial charge in [0.2, 0.25) is 0 Å². The second kappa shape index (κ2) is 5.44. The normalized spacial score (nSPS) is 25.1. The Balaban J connectivity index is 1.77. The van der Waals surface area contributed by atoms with Gasteiger partial charge in [0.25, 0.3) is 0 Å². The number of aliphatic hydroxyl groups excluding tert-OH is 2. The molecule has 2 N–H and O–H groups in total. The van der Waals surface area contributed by atoms with E-state index < -0.39 is 12.2 Å². The minimum absolute atomic E-state index is 0.186. The SMILES string of the molecule is OC[C@H]1O[C@@H](n2ccc3c(-c4nccs4)ccnc32)C[C@@H]1O. The summed E-state index contributed by atoms with van der Waals surface area (Å²) in [5.41, 5.74) is 1.83. The van der Waals surface area contributed by atoms with Gasteiger partial charge >= 0.3 is 0 Å². The van der Waals surface area contributed by atoms with Crippen molar-refractivity contribution in [2.75, 3.05) is 6.61 Å². The zero-order chi connectivity index (χ0) is 15.1. The summed E-state index contributed by atoms with van der Waals surface area (Å²) in [5.74, 6) is 0. The predicted octanol–water partition coefficient (Wildman–Crippen LogP) is 1.80. The first kappa shape index (κ1) is 13.8. The quantitative estimate of drug-likeness (QED) is 0.770. The van der Waals surface area contributed by atoms with Gasteiger partial charge < -0.3 is 19.5 Å². The van der Waals surface area contributed by atoms with Crippen molar-refractivity contribution in [3.05, 3.63) is 36.1 Å². The van der Waals surface area contributed by atoms with Crippen molar-refractivity contribution in [1.82, 2.24) is 14.5 Å². The van der Waals surface area contributed by atoms with Crippen molar-refractivity contribution in [2.24, 2.45) is 0 Å². The molecule has 7 heteroatoms. The molecule has 0 amide bonds. The topological polar surface area (TPSA) is 80.4 Å². The van der Waals surface area contributed by atoms with Crippen LogP contribution in [0.25, 0.3) is 21.6 Å². The number of fused-ring (bicyclic) bond motifs is 1. The summed E-state index contributed by atoms with van der Waals surface area (Å²) >= 11 is 1.58. The van der Waals surface area contributed by atoms with Crippen LogP contribution in [0.1, 0.15) is 12.6 Å². The first-order valence-corrected chi connectivity index (χ1v) is 7.95. The van der Waals surface area contributed by atoms with Crippen LogP contribution in [0.15, 0.2) is 36.1 Å². The van der Waals surface area contributed by atoms with E-state index in [0.717, 1.165) is 21.6 Å². The highest BCUT2D eigenvalue weighted by atomic mass is 32.1. The minimum atomic E-state index is -0.658. The van der Waals surface area contributed by atoms with Gasteiger partial charge in [0.15, 0.2) is 0 Å². The summed E-state index contributed by atoms with van der Waals surface area (Å²) in [6.07, 6.45) is 4.38. The second-order valence-electron chi connectivity index (χ2n) is 5.27. The van der Waals surface area contributed by atoms with Gasteiger partial charge in [-0.25, -0.2) is 9.97 Å². The molecule has 4 heterocycles. The first-order chi connectivity index (χ1) is 10.8. The van der Waals surface area contributed by atoms with Crippen LogP contribution < -0.4 is 0 Å². The molecule has 0 aliphatic carbocycles. The zero-order valence-electron chi connectivity index (χ0n) is 11.7. The molecule has 3 aromatic rings. The third-order valence-electron chi connectivity index (χ3n) is 3.97. The molecular formula is C15H15N3O3S. The Labute approximate surface area is 130 Å². The minimum Gasteiger partial charge on any atom is -0.394 e. The van der Waals surface area contributed by atoms with E-state index in [2.05, 4.69) is 9.97 Å². The van der Waals surface area contributed by atoms with Gasteiger partial charge in [-0.1, -0.05) is 0 Å². The number of hydrogen-bond acceptors (Lipinski definition) is 6. The Morgan fingerprint density at radius 3 is 2.95 bits per heavy atom. The van der Waals surface area contributed by atoms with E-state index in [4.69, 9.17) is 4.74 Å². The monoisotopic (exact) mass is 317 g/mol. The number of pyridine rings is 1. The maximum atomic E-state index is 9.91. The largest absolute Gasteiger partial charge is 0.394 e. The third kappa shape index (κ3) is 2.14. The van der Waals surface area contributed by atoms with Crippen LogP contribution in [0.4, 0.5) is 0 Å². The van der Waals surface area contributed by atoms with Gasteiger partial charge in [-0.2, -0.15) is 0 Å². The van der Waals surface area contributed by atoms with E-state index in [0.29, 0.717) is 6.42 Å². The lowest BCUT2D eigenvalue weighted by Gasteiger charge is -2.14. The van der Waals surface area contributed by atoms with Gasteiger partial charge in [-0.05, 0) is 12.1 Å². The molecule has 1 aliphatic heterocycles. The van der Waals surface area contributed by atoms with Gasteiger partial charge in [0.1, 0.15) is 23.0 Å². The van der Waals surface area contributed by atoms with Crippen molar-refractivity contribution < 1.29 is 14.9 Å². The lowest BCUT2D eigenvalue weighted by atomic mass is 10.2. The molecule has 1 fully saturated rings. The highest BCUT2D eigenvalue weighted by molar-refractivity contribution is 7.13. The standard InChI is InChI=1S/C15H15N3O3S/c19-8-12-11(20)7-13(21-12)18-5-2-9-10(1-3-16-14(9)18)15-17-4-6-22-15/h1-6,11-13,19-20H,7-8H2/t11-,12+,13+/m0/s1. The van der Waals surface area contributed by atoms with Crippen LogP contribution >= 0.6 is 11.3 Å². The van der Waals surface area contributed by atoms with Crippen molar-refractivity contribution in [1.29, 1.82) is 0 Å². The van der Waals surface area contributed by atoms with Crippen LogP contribution in [0, 0.1) is 0 Å².